The van der Waals surface area contributed by atoms with Crippen molar-refractivity contribution in [2.75, 3.05) is 67.1 Å². The number of carbonyl (C=O) groups excluding carboxylic acids is 1. The van der Waals surface area contributed by atoms with Crippen molar-refractivity contribution in [2.45, 2.75) is 13.2 Å². The van der Waals surface area contributed by atoms with E-state index in [9.17, 15) is 13.6 Å². The molecule has 1 aliphatic rings. The molecule has 0 spiro atoms. The summed E-state index contributed by atoms with van der Waals surface area (Å²) in [6.07, 6.45) is 0. The zero-order chi connectivity index (χ0) is 22.6. The van der Waals surface area contributed by atoms with Crippen molar-refractivity contribution < 1.29 is 27.8 Å². The standard InChI is InChI=1S/C20H31F2N5O4.HI/c1-26(2)18(28)14-25-20(23-6-7-27-8-10-30-11-9-27)24-13-15-12-16(29-3)4-5-17(15)31-19(21)22;/h4-5,12,19H,6-11,13-14H2,1-3H3,(H2,23,24,25);1H. The number of hydrogen-bond acceptors (Lipinski definition) is 6. The maximum Gasteiger partial charge on any atom is 0.387 e. The van der Waals surface area contributed by atoms with Crippen LogP contribution in [0.15, 0.2) is 23.2 Å². The van der Waals surface area contributed by atoms with Crippen LogP contribution in [0.4, 0.5) is 8.78 Å². The highest BCUT2D eigenvalue weighted by molar-refractivity contribution is 14.0. The number of guanidine groups is 1. The van der Waals surface area contributed by atoms with E-state index in [1.54, 1.807) is 26.2 Å². The highest BCUT2D eigenvalue weighted by atomic mass is 127. The quantitative estimate of drug-likeness (QED) is 0.249. The normalized spacial score (nSPS) is 14.5. The molecule has 1 fully saturated rings. The minimum atomic E-state index is -2.95. The Labute approximate surface area is 204 Å². The molecule has 1 aromatic carbocycles. The van der Waals surface area contributed by atoms with Gasteiger partial charge in [0.1, 0.15) is 11.5 Å². The summed E-state index contributed by atoms with van der Waals surface area (Å²) in [6, 6.07) is 4.56. The number of nitrogens with one attached hydrogen (secondary N) is 2. The predicted molar refractivity (Wildman–Crippen MR) is 128 cm³/mol. The Kier molecular flexibility index (Phi) is 13.2. The van der Waals surface area contributed by atoms with Crippen LogP contribution in [0.2, 0.25) is 0 Å². The molecular weight excluding hydrogens is 539 g/mol. The monoisotopic (exact) mass is 571 g/mol. The number of halogens is 3. The van der Waals surface area contributed by atoms with E-state index in [1.807, 2.05) is 0 Å². The summed E-state index contributed by atoms with van der Waals surface area (Å²) in [4.78, 5) is 20.1. The van der Waals surface area contributed by atoms with Gasteiger partial charge < -0.3 is 29.7 Å². The highest BCUT2D eigenvalue weighted by Gasteiger charge is 2.13. The van der Waals surface area contributed by atoms with E-state index in [-0.39, 0.29) is 48.7 Å². The molecule has 9 nitrogen and oxygen atoms in total. The number of amides is 1. The van der Waals surface area contributed by atoms with Gasteiger partial charge in [0, 0.05) is 45.8 Å². The van der Waals surface area contributed by atoms with Crippen LogP contribution in [0.25, 0.3) is 0 Å². The minimum absolute atomic E-state index is 0. The maximum absolute atomic E-state index is 12.7. The van der Waals surface area contributed by atoms with Gasteiger partial charge in [-0.15, -0.1) is 24.0 Å². The lowest BCUT2D eigenvalue weighted by atomic mass is 10.2. The molecule has 0 radical (unpaired) electrons. The van der Waals surface area contributed by atoms with Crippen LogP contribution in [0.3, 0.4) is 0 Å². The Hall–Kier alpha value is -1.93. The number of rotatable bonds is 10. The molecule has 2 rings (SSSR count). The number of morpholine rings is 1. The number of ether oxygens (including phenoxy) is 3. The van der Waals surface area contributed by atoms with Crippen molar-refractivity contribution >= 4 is 35.8 Å². The molecule has 1 amide bonds. The zero-order valence-corrected chi connectivity index (χ0v) is 20.9. The summed E-state index contributed by atoms with van der Waals surface area (Å²) in [7, 11) is 4.82. The minimum Gasteiger partial charge on any atom is -0.497 e. The fourth-order valence-electron chi connectivity index (χ4n) is 2.83. The van der Waals surface area contributed by atoms with E-state index in [1.165, 1.54) is 18.1 Å². The smallest absolute Gasteiger partial charge is 0.387 e. The van der Waals surface area contributed by atoms with Gasteiger partial charge in [-0.2, -0.15) is 8.78 Å². The molecule has 0 atom stereocenters. The van der Waals surface area contributed by atoms with E-state index < -0.39 is 6.61 Å². The van der Waals surface area contributed by atoms with Gasteiger partial charge in [-0.05, 0) is 18.2 Å². The molecule has 1 aliphatic heterocycles. The number of alkyl halides is 2. The lowest BCUT2D eigenvalue weighted by molar-refractivity contribution is -0.127. The SMILES string of the molecule is COc1ccc(OC(F)F)c(CN=C(NCCN2CCOCC2)NCC(=O)N(C)C)c1.I. The van der Waals surface area contributed by atoms with Crippen LogP contribution in [-0.4, -0.2) is 95.4 Å². The number of hydrogen-bond donors (Lipinski definition) is 2. The van der Waals surface area contributed by atoms with Crippen LogP contribution < -0.4 is 20.1 Å². The van der Waals surface area contributed by atoms with Gasteiger partial charge in [-0.1, -0.05) is 0 Å². The second-order valence-electron chi connectivity index (χ2n) is 7.04. The van der Waals surface area contributed by atoms with Crippen LogP contribution in [-0.2, 0) is 16.1 Å². The molecule has 0 aliphatic carbocycles. The third-order valence-electron chi connectivity index (χ3n) is 4.62. The van der Waals surface area contributed by atoms with Gasteiger partial charge in [0.2, 0.25) is 5.91 Å². The number of benzene rings is 1. The second kappa shape index (κ2) is 15.0. The van der Waals surface area contributed by atoms with Crippen molar-refractivity contribution in [1.82, 2.24) is 20.4 Å². The molecule has 0 unspecified atom stereocenters. The van der Waals surface area contributed by atoms with Crippen molar-refractivity contribution in [3.05, 3.63) is 23.8 Å². The number of methoxy groups -OCH3 is 1. The summed E-state index contributed by atoms with van der Waals surface area (Å²) in [6.45, 7) is 1.68. The highest BCUT2D eigenvalue weighted by Crippen LogP contribution is 2.26. The zero-order valence-electron chi connectivity index (χ0n) is 18.6. The Bertz CT molecular complexity index is 734. The number of nitrogens with zero attached hydrogens (tertiary/aromatic N) is 3. The Morgan fingerprint density at radius 1 is 1.28 bits per heavy atom. The van der Waals surface area contributed by atoms with E-state index in [4.69, 9.17) is 9.47 Å². The van der Waals surface area contributed by atoms with E-state index >= 15 is 0 Å². The lowest BCUT2D eigenvalue weighted by Gasteiger charge is -2.26. The van der Waals surface area contributed by atoms with Crippen LogP contribution in [0.5, 0.6) is 11.5 Å². The van der Waals surface area contributed by atoms with Crippen molar-refractivity contribution in [3.63, 3.8) is 0 Å². The first-order valence-electron chi connectivity index (χ1n) is 10.0. The molecule has 12 heteroatoms. The third-order valence-corrected chi connectivity index (χ3v) is 4.62. The summed E-state index contributed by atoms with van der Waals surface area (Å²) in [5.41, 5.74) is 0.438. The van der Waals surface area contributed by atoms with Gasteiger partial charge >= 0.3 is 6.61 Å². The summed E-state index contributed by atoms with van der Waals surface area (Å²) in [5.74, 6) is 0.807. The average Bonchev–Trinajstić information content (AvgIpc) is 2.76. The first-order chi connectivity index (χ1) is 14.9. The first-order valence-corrected chi connectivity index (χ1v) is 10.0. The summed E-state index contributed by atoms with van der Waals surface area (Å²) >= 11 is 0. The van der Waals surface area contributed by atoms with E-state index in [0.717, 1.165) is 19.6 Å². The molecule has 0 saturated carbocycles. The maximum atomic E-state index is 12.7. The molecule has 0 aromatic heterocycles. The predicted octanol–water partition coefficient (Wildman–Crippen LogP) is 1.37. The van der Waals surface area contributed by atoms with Crippen molar-refractivity contribution in [2.24, 2.45) is 4.99 Å². The molecule has 182 valence electrons. The van der Waals surface area contributed by atoms with Gasteiger partial charge in [0.25, 0.3) is 0 Å². The van der Waals surface area contributed by atoms with Crippen molar-refractivity contribution in [3.8, 4) is 11.5 Å². The summed E-state index contributed by atoms with van der Waals surface area (Å²) < 4.78 is 40.6. The van der Waals surface area contributed by atoms with E-state index in [0.29, 0.717) is 37.0 Å². The van der Waals surface area contributed by atoms with Gasteiger partial charge in [0.05, 0.1) is 33.4 Å². The molecule has 1 saturated heterocycles. The van der Waals surface area contributed by atoms with Crippen LogP contribution in [0.1, 0.15) is 5.56 Å². The Balaban J connectivity index is 0.00000512. The van der Waals surface area contributed by atoms with Gasteiger partial charge in [-0.3, -0.25) is 9.69 Å². The number of aliphatic imine (C=N–C) groups is 1. The number of likely N-dealkylation sites (N-methyl/N-ethyl adjacent to an activating group) is 1. The molecule has 2 N–H and O–H groups in total. The fraction of sp³-hybridized carbons (Fsp3) is 0.600. The molecule has 1 aromatic rings. The topological polar surface area (TPSA) is 87.7 Å². The lowest BCUT2D eigenvalue weighted by Crippen LogP contribution is -2.46. The third kappa shape index (κ3) is 10.1. The Morgan fingerprint density at radius 2 is 2.00 bits per heavy atom. The van der Waals surface area contributed by atoms with Gasteiger partial charge in [-0.25, -0.2) is 4.99 Å². The first kappa shape index (κ1) is 28.1. The Morgan fingerprint density at radius 3 is 2.62 bits per heavy atom. The molecule has 0 bridgehead atoms. The second-order valence-corrected chi connectivity index (χ2v) is 7.04. The van der Waals surface area contributed by atoms with Crippen LogP contribution in [0, 0.1) is 0 Å². The van der Waals surface area contributed by atoms with Crippen molar-refractivity contribution in [1.29, 1.82) is 0 Å². The number of carbonyl (C=O) groups is 1. The fourth-order valence-corrected chi connectivity index (χ4v) is 2.83. The molecular formula is C20H32F2IN5O4. The molecule has 1 heterocycles. The largest absolute Gasteiger partial charge is 0.497 e. The van der Waals surface area contributed by atoms with Gasteiger partial charge in [0.15, 0.2) is 5.96 Å². The van der Waals surface area contributed by atoms with Crippen LogP contribution >= 0.6 is 24.0 Å². The average molecular weight is 571 g/mol. The molecule has 32 heavy (non-hydrogen) atoms. The van der Waals surface area contributed by atoms with E-state index in [2.05, 4.69) is 25.3 Å². The summed E-state index contributed by atoms with van der Waals surface area (Å²) in [5, 5.41) is 6.17.